The van der Waals surface area contributed by atoms with Gasteiger partial charge in [0.2, 0.25) is 5.91 Å². The lowest BCUT2D eigenvalue weighted by Crippen LogP contribution is -2.38. The van der Waals surface area contributed by atoms with Gasteiger partial charge in [-0.25, -0.2) is 0 Å². The van der Waals surface area contributed by atoms with Gasteiger partial charge in [0.25, 0.3) is 0 Å². The normalized spacial score (nSPS) is 15.0. The molecule has 0 aliphatic carbocycles. The van der Waals surface area contributed by atoms with E-state index in [4.69, 9.17) is 5.73 Å². The Bertz CT molecular complexity index is 462. The molecule has 1 aliphatic rings. The Morgan fingerprint density at radius 1 is 1.42 bits per heavy atom. The molecular formula is C13H23N5O. The number of nitrogen functional groups attached to an aromatic ring is 1. The van der Waals surface area contributed by atoms with Gasteiger partial charge >= 0.3 is 0 Å². The monoisotopic (exact) mass is 265 g/mol. The van der Waals surface area contributed by atoms with Crippen LogP contribution in [0.4, 0.5) is 11.5 Å². The first-order chi connectivity index (χ1) is 9.04. The van der Waals surface area contributed by atoms with E-state index < -0.39 is 0 Å². The molecule has 2 N–H and O–H groups in total. The van der Waals surface area contributed by atoms with Gasteiger partial charge in [-0.1, -0.05) is 6.92 Å². The summed E-state index contributed by atoms with van der Waals surface area (Å²) in [4.78, 5) is 16.0. The summed E-state index contributed by atoms with van der Waals surface area (Å²) < 4.78 is 1.76. The maximum absolute atomic E-state index is 12.1. The van der Waals surface area contributed by atoms with E-state index in [0.29, 0.717) is 12.2 Å². The standard InChI is InChI=1S/C13H23N5O/c1-4-10-12(14)13(17(3)15-10)16(2)9-11(19)18-7-5-6-8-18/h4-9,14H2,1-3H3. The molecule has 2 heterocycles. The third kappa shape index (κ3) is 2.67. The maximum Gasteiger partial charge on any atom is 0.242 e. The number of aromatic nitrogens is 2. The van der Waals surface area contributed by atoms with Crippen LogP contribution in [-0.4, -0.2) is 47.3 Å². The molecule has 1 saturated heterocycles. The van der Waals surface area contributed by atoms with E-state index in [0.717, 1.165) is 43.9 Å². The fourth-order valence-electron chi connectivity index (χ4n) is 2.64. The van der Waals surface area contributed by atoms with Gasteiger partial charge in [0.1, 0.15) is 0 Å². The molecule has 1 aliphatic heterocycles. The highest BCUT2D eigenvalue weighted by Gasteiger charge is 2.22. The smallest absolute Gasteiger partial charge is 0.242 e. The van der Waals surface area contributed by atoms with E-state index >= 15 is 0 Å². The minimum absolute atomic E-state index is 0.165. The third-order valence-corrected chi connectivity index (χ3v) is 3.66. The number of aryl methyl sites for hydroxylation is 2. The Morgan fingerprint density at radius 2 is 2.05 bits per heavy atom. The molecule has 0 saturated carbocycles. The zero-order valence-corrected chi connectivity index (χ0v) is 12.0. The van der Waals surface area contributed by atoms with Crippen LogP contribution in [0.15, 0.2) is 0 Å². The van der Waals surface area contributed by atoms with Crippen molar-refractivity contribution in [2.45, 2.75) is 26.2 Å². The summed E-state index contributed by atoms with van der Waals surface area (Å²) in [6.07, 6.45) is 3.03. The fraction of sp³-hybridized carbons (Fsp3) is 0.692. The Labute approximate surface area is 114 Å². The second-order valence-corrected chi connectivity index (χ2v) is 5.11. The number of carbonyl (C=O) groups is 1. The molecule has 1 aromatic heterocycles. The van der Waals surface area contributed by atoms with E-state index in [1.54, 1.807) is 4.68 Å². The number of hydrogen-bond donors (Lipinski definition) is 1. The molecule has 0 unspecified atom stereocenters. The van der Waals surface area contributed by atoms with Gasteiger partial charge in [-0.3, -0.25) is 9.48 Å². The highest BCUT2D eigenvalue weighted by atomic mass is 16.2. The second-order valence-electron chi connectivity index (χ2n) is 5.11. The summed E-state index contributed by atoms with van der Waals surface area (Å²) >= 11 is 0. The van der Waals surface area contributed by atoms with Crippen LogP contribution in [0.1, 0.15) is 25.5 Å². The van der Waals surface area contributed by atoms with Gasteiger partial charge in [0.15, 0.2) is 5.82 Å². The van der Waals surface area contributed by atoms with Crippen molar-refractivity contribution in [1.82, 2.24) is 14.7 Å². The summed E-state index contributed by atoms with van der Waals surface area (Å²) in [5.41, 5.74) is 7.66. The molecule has 6 nitrogen and oxygen atoms in total. The molecule has 0 bridgehead atoms. The van der Waals surface area contributed by atoms with Gasteiger partial charge in [-0.05, 0) is 19.3 Å². The van der Waals surface area contributed by atoms with Crippen molar-refractivity contribution < 1.29 is 4.79 Å². The SMILES string of the molecule is CCc1nn(C)c(N(C)CC(=O)N2CCCC2)c1N. The van der Waals surface area contributed by atoms with E-state index in [1.807, 2.05) is 30.8 Å². The molecule has 1 fully saturated rings. The quantitative estimate of drug-likeness (QED) is 0.867. The molecule has 0 aromatic carbocycles. The van der Waals surface area contributed by atoms with Crippen molar-refractivity contribution in [3.63, 3.8) is 0 Å². The first kappa shape index (κ1) is 13.7. The molecule has 19 heavy (non-hydrogen) atoms. The number of hydrogen-bond acceptors (Lipinski definition) is 4. The predicted octanol–water partition coefficient (Wildman–Crippen LogP) is 0.623. The van der Waals surface area contributed by atoms with Crippen LogP contribution in [0.2, 0.25) is 0 Å². The zero-order valence-electron chi connectivity index (χ0n) is 12.0. The first-order valence-corrected chi connectivity index (χ1v) is 6.84. The maximum atomic E-state index is 12.1. The predicted molar refractivity (Wildman–Crippen MR) is 76.1 cm³/mol. The topological polar surface area (TPSA) is 67.4 Å². The van der Waals surface area contributed by atoms with Gasteiger partial charge in [-0.15, -0.1) is 0 Å². The van der Waals surface area contributed by atoms with Gasteiger partial charge in [0, 0.05) is 27.2 Å². The Hall–Kier alpha value is -1.72. The van der Waals surface area contributed by atoms with E-state index in [1.165, 1.54) is 0 Å². The Kier molecular flexibility index (Phi) is 3.97. The average molecular weight is 265 g/mol. The molecule has 1 aromatic rings. The number of likely N-dealkylation sites (N-methyl/N-ethyl adjacent to an activating group) is 1. The molecule has 0 atom stereocenters. The highest BCUT2D eigenvalue weighted by Crippen LogP contribution is 2.25. The first-order valence-electron chi connectivity index (χ1n) is 6.84. The number of nitrogens with two attached hydrogens (primary N) is 1. The van der Waals surface area contributed by atoms with Crippen LogP contribution in [0.3, 0.4) is 0 Å². The summed E-state index contributed by atoms with van der Waals surface area (Å²) in [7, 11) is 3.75. The van der Waals surface area contributed by atoms with Crippen molar-refractivity contribution in [2.75, 3.05) is 37.3 Å². The summed E-state index contributed by atoms with van der Waals surface area (Å²) in [6.45, 7) is 4.15. The molecule has 1 amide bonds. The van der Waals surface area contributed by atoms with Crippen LogP contribution in [0, 0.1) is 0 Å². The van der Waals surface area contributed by atoms with Crippen molar-refractivity contribution in [3.8, 4) is 0 Å². The number of nitrogens with zero attached hydrogens (tertiary/aromatic N) is 4. The molecular weight excluding hydrogens is 242 g/mol. The van der Waals surface area contributed by atoms with E-state index in [9.17, 15) is 4.79 Å². The highest BCUT2D eigenvalue weighted by molar-refractivity contribution is 5.82. The van der Waals surface area contributed by atoms with Crippen LogP contribution in [0.25, 0.3) is 0 Å². The summed E-state index contributed by atoms with van der Waals surface area (Å²) in [5.74, 6) is 0.989. The number of rotatable bonds is 4. The third-order valence-electron chi connectivity index (χ3n) is 3.66. The number of likely N-dealkylation sites (tertiary alicyclic amines) is 1. The number of carbonyl (C=O) groups excluding carboxylic acids is 1. The minimum Gasteiger partial charge on any atom is -0.394 e. The van der Waals surface area contributed by atoms with Crippen LogP contribution in [0.5, 0.6) is 0 Å². The molecule has 0 radical (unpaired) electrons. The van der Waals surface area contributed by atoms with Crippen molar-refractivity contribution >= 4 is 17.4 Å². The van der Waals surface area contributed by atoms with Crippen molar-refractivity contribution in [3.05, 3.63) is 5.69 Å². The molecule has 106 valence electrons. The zero-order chi connectivity index (χ0) is 14.0. The van der Waals surface area contributed by atoms with E-state index in [-0.39, 0.29) is 5.91 Å². The minimum atomic E-state index is 0.165. The lowest BCUT2D eigenvalue weighted by Gasteiger charge is -2.23. The Balaban J connectivity index is 2.09. The number of anilines is 2. The van der Waals surface area contributed by atoms with Crippen LogP contribution < -0.4 is 10.6 Å². The second kappa shape index (κ2) is 5.50. The van der Waals surface area contributed by atoms with Crippen molar-refractivity contribution in [1.29, 1.82) is 0 Å². The lowest BCUT2D eigenvalue weighted by molar-refractivity contribution is -0.128. The molecule has 6 heteroatoms. The van der Waals surface area contributed by atoms with E-state index in [2.05, 4.69) is 5.10 Å². The van der Waals surface area contributed by atoms with Gasteiger partial charge in [0.05, 0.1) is 17.9 Å². The largest absolute Gasteiger partial charge is 0.394 e. The lowest BCUT2D eigenvalue weighted by atomic mass is 10.3. The van der Waals surface area contributed by atoms with Crippen molar-refractivity contribution in [2.24, 2.45) is 7.05 Å². The van der Waals surface area contributed by atoms with Gasteiger partial charge < -0.3 is 15.5 Å². The number of amides is 1. The fourth-order valence-corrected chi connectivity index (χ4v) is 2.64. The molecule has 2 rings (SSSR count). The Morgan fingerprint density at radius 3 is 2.58 bits per heavy atom. The van der Waals surface area contributed by atoms with Crippen LogP contribution >= 0.6 is 0 Å². The van der Waals surface area contributed by atoms with Gasteiger partial charge in [-0.2, -0.15) is 5.10 Å². The van der Waals surface area contributed by atoms with Crippen LogP contribution in [-0.2, 0) is 18.3 Å². The summed E-state index contributed by atoms with van der Waals surface area (Å²) in [5, 5.41) is 4.38. The average Bonchev–Trinajstić information content (AvgIpc) is 2.97. The molecule has 0 spiro atoms. The summed E-state index contributed by atoms with van der Waals surface area (Å²) in [6, 6.07) is 0.